The van der Waals surface area contributed by atoms with E-state index in [-0.39, 0.29) is 0 Å². The molecule has 0 aliphatic heterocycles. The fourth-order valence-electron chi connectivity index (χ4n) is 1.77. The molecule has 0 amide bonds. The first kappa shape index (κ1) is 11.8. The summed E-state index contributed by atoms with van der Waals surface area (Å²) in [5.41, 5.74) is 8.13. The van der Waals surface area contributed by atoms with Gasteiger partial charge in [0.25, 0.3) is 0 Å². The Balaban J connectivity index is 2.17. The van der Waals surface area contributed by atoms with E-state index in [0.717, 1.165) is 15.7 Å². The van der Waals surface area contributed by atoms with Crippen molar-refractivity contribution in [2.24, 2.45) is 7.05 Å². The van der Waals surface area contributed by atoms with Crippen LogP contribution in [0.4, 0.5) is 5.69 Å². The average Bonchev–Trinajstić information content (AvgIpc) is 3.01. The molecule has 2 N–H and O–H groups in total. The van der Waals surface area contributed by atoms with Gasteiger partial charge in [-0.2, -0.15) is 9.78 Å². The molecular formula is C11H10BrN7. The standard InChI is InChI=1S/C11H10BrN7/c1-18-6-7(5-14-18)19-11(15-16-17-19)8-3-2-4-9(13)10(8)12/h2-6H,13H2,1H3. The number of nitrogens with zero attached hydrogens (tertiary/aromatic N) is 6. The molecular weight excluding hydrogens is 310 g/mol. The van der Waals surface area contributed by atoms with E-state index in [0.29, 0.717) is 11.5 Å². The zero-order chi connectivity index (χ0) is 13.4. The van der Waals surface area contributed by atoms with Crippen molar-refractivity contribution < 1.29 is 0 Å². The maximum atomic E-state index is 5.88. The van der Waals surface area contributed by atoms with Crippen LogP contribution in [0, 0.1) is 0 Å². The number of aryl methyl sites for hydroxylation is 1. The lowest BCUT2D eigenvalue weighted by Gasteiger charge is -2.06. The van der Waals surface area contributed by atoms with Crippen LogP contribution >= 0.6 is 15.9 Å². The van der Waals surface area contributed by atoms with Gasteiger partial charge in [-0.15, -0.1) is 5.10 Å². The normalized spacial score (nSPS) is 10.8. The summed E-state index contributed by atoms with van der Waals surface area (Å²) < 4.78 is 4.08. The largest absolute Gasteiger partial charge is 0.398 e. The maximum absolute atomic E-state index is 5.88. The minimum atomic E-state index is 0.604. The summed E-state index contributed by atoms with van der Waals surface area (Å²) in [7, 11) is 1.84. The molecule has 0 unspecified atom stereocenters. The van der Waals surface area contributed by atoms with Gasteiger partial charge in [0.2, 0.25) is 0 Å². The summed E-state index contributed by atoms with van der Waals surface area (Å²) in [5, 5.41) is 15.9. The number of rotatable bonds is 2. The zero-order valence-corrected chi connectivity index (χ0v) is 11.6. The highest BCUT2D eigenvalue weighted by Crippen LogP contribution is 2.31. The summed E-state index contributed by atoms with van der Waals surface area (Å²) in [6.45, 7) is 0. The number of anilines is 1. The number of tetrazole rings is 1. The Morgan fingerprint density at radius 3 is 2.89 bits per heavy atom. The fraction of sp³-hybridized carbons (Fsp3) is 0.0909. The molecule has 1 aromatic carbocycles. The highest BCUT2D eigenvalue weighted by molar-refractivity contribution is 9.10. The van der Waals surface area contributed by atoms with Crippen molar-refractivity contribution in [1.29, 1.82) is 0 Å². The van der Waals surface area contributed by atoms with E-state index in [2.05, 4.69) is 36.6 Å². The summed E-state index contributed by atoms with van der Waals surface area (Å²) in [6, 6.07) is 5.57. The van der Waals surface area contributed by atoms with Crippen LogP contribution in [0.3, 0.4) is 0 Å². The third kappa shape index (κ3) is 1.99. The van der Waals surface area contributed by atoms with Crippen molar-refractivity contribution in [3.8, 4) is 17.1 Å². The van der Waals surface area contributed by atoms with Crippen molar-refractivity contribution in [2.75, 3.05) is 5.73 Å². The lowest BCUT2D eigenvalue weighted by Crippen LogP contribution is -2.00. The van der Waals surface area contributed by atoms with Crippen LogP contribution in [-0.4, -0.2) is 30.0 Å². The second kappa shape index (κ2) is 4.47. The molecule has 0 bridgehead atoms. The van der Waals surface area contributed by atoms with Crippen molar-refractivity contribution >= 4 is 21.6 Å². The van der Waals surface area contributed by atoms with Gasteiger partial charge in [-0.25, -0.2) is 0 Å². The Morgan fingerprint density at radius 2 is 2.16 bits per heavy atom. The molecule has 2 aromatic heterocycles. The van der Waals surface area contributed by atoms with Crippen LogP contribution in [0.2, 0.25) is 0 Å². The second-order valence-corrected chi connectivity index (χ2v) is 4.79. The monoisotopic (exact) mass is 319 g/mol. The first-order valence-electron chi connectivity index (χ1n) is 5.48. The Kier molecular flexibility index (Phi) is 2.79. The van der Waals surface area contributed by atoms with Gasteiger partial charge in [0.05, 0.1) is 16.9 Å². The van der Waals surface area contributed by atoms with Crippen LogP contribution < -0.4 is 5.73 Å². The van der Waals surface area contributed by atoms with Crippen molar-refractivity contribution in [1.82, 2.24) is 30.0 Å². The molecule has 0 aliphatic rings. The molecule has 0 saturated carbocycles. The van der Waals surface area contributed by atoms with E-state index in [9.17, 15) is 0 Å². The quantitative estimate of drug-likeness (QED) is 0.721. The molecule has 2 heterocycles. The average molecular weight is 320 g/mol. The molecule has 96 valence electrons. The summed E-state index contributed by atoms with van der Waals surface area (Å²) in [4.78, 5) is 0. The van der Waals surface area contributed by atoms with Crippen molar-refractivity contribution in [2.45, 2.75) is 0 Å². The number of benzene rings is 1. The van der Waals surface area contributed by atoms with Crippen molar-refractivity contribution in [3.05, 3.63) is 35.1 Å². The Labute approximate surface area is 117 Å². The summed E-state index contributed by atoms with van der Waals surface area (Å²) in [6.07, 6.45) is 3.53. The van der Waals surface area contributed by atoms with Gasteiger partial charge in [0.15, 0.2) is 5.82 Å². The third-order valence-corrected chi connectivity index (χ3v) is 3.56. The number of hydrogen-bond acceptors (Lipinski definition) is 5. The van der Waals surface area contributed by atoms with Gasteiger partial charge in [-0.1, -0.05) is 6.07 Å². The molecule has 3 rings (SSSR count). The molecule has 0 spiro atoms. The van der Waals surface area contributed by atoms with Crippen LogP contribution in [0.15, 0.2) is 35.1 Å². The molecule has 0 saturated heterocycles. The van der Waals surface area contributed by atoms with Gasteiger partial charge >= 0.3 is 0 Å². The Hall–Kier alpha value is -2.22. The highest BCUT2D eigenvalue weighted by Gasteiger charge is 2.15. The molecule has 0 atom stereocenters. The van der Waals surface area contributed by atoms with Crippen LogP contribution in [-0.2, 0) is 7.05 Å². The first-order valence-corrected chi connectivity index (χ1v) is 6.28. The topological polar surface area (TPSA) is 87.4 Å². The van der Waals surface area contributed by atoms with Gasteiger partial charge in [-0.3, -0.25) is 4.68 Å². The molecule has 19 heavy (non-hydrogen) atoms. The molecule has 0 fully saturated rings. The Bertz CT molecular complexity index is 730. The van der Waals surface area contributed by atoms with E-state index in [1.807, 2.05) is 31.4 Å². The summed E-state index contributed by atoms with van der Waals surface area (Å²) >= 11 is 3.46. The van der Waals surface area contributed by atoms with Gasteiger partial charge in [-0.05, 0) is 38.5 Å². The smallest absolute Gasteiger partial charge is 0.188 e. The maximum Gasteiger partial charge on any atom is 0.188 e. The second-order valence-electron chi connectivity index (χ2n) is 4.00. The van der Waals surface area contributed by atoms with Gasteiger partial charge in [0.1, 0.15) is 5.69 Å². The molecule has 0 aliphatic carbocycles. The van der Waals surface area contributed by atoms with E-state index in [1.54, 1.807) is 15.6 Å². The number of hydrogen-bond donors (Lipinski definition) is 1. The van der Waals surface area contributed by atoms with Crippen LogP contribution in [0.25, 0.3) is 17.1 Å². The van der Waals surface area contributed by atoms with Crippen LogP contribution in [0.5, 0.6) is 0 Å². The number of aromatic nitrogens is 6. The van der Waals surface area contributed by atoms with Gasteiger partial charge in [0, 0.05) is 18.3 Å². The minimum absolute atomic E-state index is 0.604. The van der Waals surface area contributed by atoms with Crippen LogP contribution in [0.1, 0.15) is 0 Å². The predicted octanol–water partition coefficient (Wildman–Crippen LogP) is 1.41. The number of nitrogen functional groups attached to an aromatic ring is 1. The number of nitrogens with two attached hydrogens (primary N) is 1. The SMILES string of the molecule is Cn1cc(-n2nnnc2-c2cccc(N)c2Br)cn1. The molecule has 3 aromatic rings. The Morgan fingerprint density at radius 1 is 1.32 bits per heavy atom. The van der Waals surface area contributed by atoms with E-state index >= 15 is 0 Å². The molecule has 0 radical (unpaired) electrons. The fourth-order valence-corrected chi connectivity index (χ4v) is 2.21. The lowest BCUT2D eigenvalue weighted by molar-refractivity contribution is 0.762. The lowest BCUT2D eigenvalue weighted by atomic mass is 10.2. The first-order chi connectivity index (χ1) is 9.16. The molecule has 8 heteroatoms. The van der Waals surface area contributed by atoms with E-state index in [4.69, 9.17) is 5.73 Å². The third-order valence-electron chi connectivity index (χ3n) is 2.67. The van der Waals surface area contributed by atoms with E-state index < -0.39 is 0 Å². The predicted molar refractivity (Wildman–Crippen MR) is 73.5 cm³/mol. The van der Waals surface area contributed by atoms with Crippen molar-refractivity contribution in [3.63, 3.8) is 0 Å². The molecule has 7 nitrogen and oxygen atoms in total. The highest BCUT2D eigenvalue weighted by atomic mass is 79.9. The minimum Gasteiger partial charge on any atom is -0.398 e. The van der Waals surface area contributed by atoms with E-state index in [1.165, 1.54) is 0 Å². The summed E-state index contributed by atoms with van der Waals surface area (Å²) in [5.74, 6) is 0.604. The zero-order valence-electron chi connectivity index (χ0n) is 10.0. The van der Waals surface area contributed by atoms with Gasteiger partial charge < -0.3 is 5.73 Å². The number of halogens is 1.